The number of hydrogen-bond donors (Lipinski definition) is 2. The molecule has 1 fully saturated rings. The number of carbonyl (C=O) groups excluding carboxylic acids is 2. The molecule has 2 amide bonds. The van der Waals surface area contributed by atoms with Crippen molar-refractivity contribution >= 4 is 27.7 Å². The molecular formula is C14H19BrN4O2. The predicted molar refractivity (Wildman–Crippen MR) is 82.9 cm³/mol. The van der Waals surface area contributed by atoms with Gasteiger partial charge in [0.25, 0.3) is 5.91 Å². The molecule has 0 aliphatic carbocycles. The highest BCUT2D eigenvalue weighted by atomic mass is 79.9. The number of hydrogen-bond acceptors (Lipinski definition) is 4. The highest BCUT2D eigenvalue weighted by Crippen LogP contribution is 2.12. The van der Waals surface area contributed by atoms with E-state index in [4.69, 9.17) is 0 Å². The zero-order chi connectivity index (χ0) is 15.2. The van der Waals surface area contributed by atoms with Gasteiger partial charge in [-0.2, -0.15) is 0 Å². The molecule has 2 heterocycles. The Hall–Kier alpha value is -1.47. The van der Waals surface area contributed by atoms with Crippen molar-refractivity contribution in [2.75, 3.05) is 26.7 Å². The van der Waals surface area contributed by atoms with Gasteiger partial charge in [0.2, 0.25) is 5.91 Å². The summed E-state index contributed by atoms with van der Waals surface area (Å²) in [6.07, 6.45) is 3.26. The summed E-state index contributed by atoms with van der Waals surface area (Å²) in [7, 11) is 1.64. The summed E-state index contributed by atoms with van der Waals surface area (Å²) >= 11 is 3.24. The van der Waals surface area contributed by atoms with Gasteiger partial charge in [0.1, 0.15) is 4.60 Å². The zero-order valence-electron chi connectivity index (χ0n) is 11.9. The number of nitrogens with one attached hydrogen (secondary N) is 2. The van der Waals surface area contributed by atoms with Gasteiger partial charge in [-0.1, -0.05) is 0 Å². The number of pyridine rings is 1. The van der Waals surface area contributed by atoms with Crippen molar-refractivity contribution < 1.29 is 9.59 Å². The molecule has 0 spiro atoms. The Bertz CT molecular complexity index is 498. The monoisotopic (exact) mass is 354 g/mol. The van der Waals surface area contributed by atoms with Crippen LogP contribution in [0.4, 0.5) is 0 Å². The van der Waals surface area contributed by atoms with Crippen LogP contribution >= 0.6 is 15.9 Å². The van der Waals surface area contributed by atoms with Gasteiger partial charge in [-0.15, -0.1) is 0 Å². The van der Waals surface area contributed by atoms with Crippen molar-refractivity contribution in [3.63, 3.8) is 0 Å². The van der Waals surface area contributed by atoms with Gasteiger partial charge in [0, 0.05) is 32.4 Å². The lowest BCUT2D eigenvalue weighted by Gasteiger charge is -2.31. The number of aromatic nitrogens is 1. The Balaban J connectivity index is 1.79. The molecule has 2 rings (SSSR count). The SMILES string of the molecule is CNC(=O)CN1CCC(NC(=O)c2ccc(Br)nc2)CC1. The third kappa shape index (κ3) is 4.78. The fourth-order valence-corrected chi connectivity index (χ4v) is 2.53. The molecule has 0 aromatic carbocycles. The summed E-state index contributed by atoms with van der Waals surface area (Å²) in [6, 6.07) is 3.65. The first kappa shape index (κ1) is 15.9. The molecule has 0 atom stereocenters. The molecular weight excluding hydrogens is 336 g/mol. The molecule has 1 aromatic rings. The van der Waals surface area contributed by atoms with Crippen LogP contribution in [-0.4, -0.2) is 54.4 Å². The van der Waals surface area contributed by atoms with Gasteiger partial charge in [0.15, 0.2) is 0 Å². The minimum Gasteiger partial charge on any atom is -0.358 e. The van der Waals surface area contributed by atoms with E-state index in [0.29, 0.717) is 16.7 Å². The highest BCUT2D eigenvalue weighted by Gasteiger charge is 2.22. The minimum absolute atomic E-state index is 0.0263. The Morgan fingerprint density at radius 3 is 2.67 bits per heavy atom. The second kappa shape index (κ2) is 7.51. The molecule has 0 unspecified atom stereocenters. The van der Waals surface area contributed by atoms with Crippen molar-refractivity contribution in [1.82, 2.24) is 20.5 Å². The average molecular weight is 355 g/mol. The molecule has 0 saturated carbocycles. The van der Waals surface area contributed by atoms with E-state index in [2.05, 4.69) is 36.4 Å². The summed E-state index contributed by atoms with van der Waals surface area (Å²) in [5.74, 6) is -0.0711. The first-order valence-electron chi connectivity index (χ1n) is 6.94. The molecule has 1 saturated heterocycles. The van der Waals surface area contributed by atoms with Crippen molar-refractivity contribution in [3.8, 4) is 0 Å². The van der Waals surface area contributed by atoms with Gasteiger partial charge in [-0.05, 0) is 40.9 Å². The average Bonchev–Trinajstić information content (AvgIpc) is 2.49. The third-order valence-electron chi connectivity index (χ3n) is 3.56. The molecule has 7 heteroatoms. The van der Waals surface area contributed by atoms with Crippen molar-refractivity contribution in [2.24, 2.45) is 0 Å². The number of amides is 2. The second-order valence-corrected chi connectivity index (χ2v) is 5.88. The molecule has 1 aliphatic rings. The summed E-state index contributed by atoms with van der Waals surface area (Å²) < 4.78 is 0.710. The maximum atomic E-state index is 12.1. The van der Waals surface area contributed by atoms with E-state index in [1.165, 1.54) is 0 Å². The number of carbonyl (C=O) groups is 2. The number of rotatable bonds is 4. The van der Waals surface area contributed by atoms with E-state index in [1.54, 1.807) is 25.4 Å². The maximum absolute atomic E-state index is 12.1. The van der Waals surface area contributed by atoms with E-state index in [-0.39, 0.29) is 17.9 Å². The van der Waals surface area contributed by atoms with Gasteiger partial charge < -0.3 is 10.6 Å². The minimum atomic E-state index is -0.0975. The quantitative estimate of drug-likeness (QED) is 0.783. The zero-order valence-corrected chi connectivity index (χ0v) is 13.5. The maximum Gasteiger partial charge on any atom is 0.253 e. The molecule has 0 bridgehead atoms. The lowest BCUT2D eigenvalue weighted by Crippen LogP contribution is -2.47. The normalized spacial score (nSPS) is 16.5. The van der Waals surface area contributed by atoms with Crippen LogP contribution in [0.5, 0.6) is 0 Å². The Morgan fingerprint density at radius 1 is 1.38 bits per heavy atom. The van der Waals surface area contributed by atoms with Crippen LogP contribution in [0.3, 0.4) is 0 Å². The Kier molecular flexibility index (Phi) is 5.69. The van der Waals surface area contributed by atoms with E-state index in [1.807, 2.05) is 0 Å². The number of piperidine rings is 1. The summed E-state index contributed by atoms with van der Waals surface area (Å²) in [4.78, 5) is 29.6. The Morgan fingerprint density at radius 2 is 2.10 bits per heavy atom. The second-order valence-electron chi connectivity index (χ2n) is 5.07. The van der Waals surface area contributed by atoms with Crippen LogP contribution in [0.1, 0.15) is 23.2 Å². The van der Waals surface area contributed by atoms with Gasteiger partial charge in [-0.25, -0.2) is 4.98 Å². The fourth-order valence-electron chi connectivity index (χ4n) is 2.30. The first-order chi connectivity index (χ1) is 10.1. The van der Waals surface area contributed by atoms with Crippen LogP contribution < -0.4 is 10.6 Å². The van der Waals surface area contributed by atoms with Crippen molar-refractivity contribution in [2.45, 2.75) is 18.9 Å². The number of halogens is 1. The summed E-state index contributed by atoms with van der Waals surface area (Å²) in [5.41, 5.74) is 0.561. The van der Waals surface area contributed by atoms with Crippen LogP contribution in [0.25, 0.3) is 0 Å². The third-order valence-corrected chi connectivity index (χ3v) is 4.03. The van der Waals surface area contributed by atoms with E-state index >= 15 is 0 Å². The standard InChI is InChI=1S/C14H19BrN4O2/c1-16-13(20)9-19-6-4-11(5-7-19)18-14(21)10-2-3-12(15)17-8-10/h2-3,8,11H,4-7,9H2,1H3,(H,16,20)(H,18,21). The largest absolute Gasteiger partial charge is 0.358 e. The predicted octanol–water partition coefficient (Wildman–Crippen LogP) is 0.784. The fraction of sp³-hybridized carbons (Fsp3) is 0.500. The summed E-state index contributed by atoms with van der Waals surface area (Å²) in [5, 5.41) is 5.64. The van der Waals surface area contributed by atoms with Crippen LogP contribution in [0.15, 0.2) is 22.9 Å². The number of nitrogens with zero attached hydrogens (tertiary/aromatic N) is 2. The Labute approximate surface area is 132 Å². The lowest BCUT2D eigenvalue weighted by molar-refractivity contribution is -0.122. The molecule has 1 aromatic heterocycles. The number of likely N-dealkylation sites (N-methyl/N-ethyl adjacent to an activating group) is 1. The van der Waals surface area contributed by atoms with E-state index in [0.717, 1.165) is 25.9 Å². The van der Waals surface area contributed by atoms with Gasteiger partial charge in [-0.3, -0.25) is 14.5 Å². The smallest absolute Gasteiger partial charge is 0.253 e. The molecule has 21 heavy (non-hydrogen) atoms. The molecule has 0 radical (unpaired) electrons. The van der Waals surface area contributed by atoms with Crippen molar-refractivity contribution in [3.05, 3.63) is 28.5 Å². The molecule has 2 N–H and O–H groups in total. The molecule has 6 nitrogen and oxygen atoms in total. The van der Waals surface area contributed by atoms with Crippen LogP contribution in [0, 0.1) is 0 Å². The first-order valence-corrected chi connectivity index (χ1v) is 7.73. The van der Waals surface area contributed by atoms with Crippen molar-refractivity contribution in [1.29, 1.82) is 0 Å². The van der Waals surface area contributed by atoms with Crippen LogP contribution in [0.2, 0.25) is 0 Å². The molecule has 114 valence electrons. The summed E-state index contributed by atoms with van der Waals surface area (Å²) in [6.45, 7) is 2.06. The molecule has 1 aliphatic heterocycles. The van der Waals surface area contributed by atoms with E-state index < -0.39 is 0 Å². The highest BCUT2D eigenvalue weighted by molar-refractivity contribution is 9.10. The van der Waals surface area contributed by atoms with Gasteiger partial charge >= 0.3 is 0 Å². The van der Waals surface area contributed by atoms with Gasteiger partial charge in [0.05, 0.1) is 12.1 Å². The number of likely N-dealkylation sites (tertiary alicyclic amines) is 1. The van der Waals surface area contributed by atoms with Crippen LogP contribution in [-0.2, 0) is 4.79 Å². The lowest BCUT2D eigenvalue weighted by atomic mass is 10.0. The topological polar surface area (TPSA) is 74.3 Å². The van der Waals surface area contributed by atoms with E-state index in [9.17, 15) is 9.59 Å².